The molecule has 1 N–H and O–H groups in total. The number of halogens is 2. The second-order valence-corrected chi connectivity index (χ2v) is 6.57. The summed E-state index contributed by atoms with van der Waals surface area (Å²) in [5.41, 5.74) is 1.69. The second kappa shape index (κ2) is 4.64. The molecule has 2 aromatic carbocycles. The quantitative estimate of drug-likeness (QED) is 0.625. The van der Waals surface area contributed by atoms with Crippen LogP contribution in [0.4, 0.5) is 0 Å². The highest BCUT2D eigenvalue weighted by Gasteiger charge is 2.13. The number of phenolic OH excluding ortho intramolecular Hbond substituents is 1. The van der Waals surface area contributed by atoms with Crippen molar-refractivity contribution in [1.29, 1.82) is 0 Å². The molecule has 1 aromatic heterocycles. The van der Waals surface area contributed by atoms with E-state index in [4.69, 9.17) is 0 Å². The van der Waals surface area contributed by atoms with E-state index in [2.05, 4.69) is 36.8 Å². The fraction of sp³-hybridized carbons (Fsp3) is 0. The Balaban J connectivity index is 2.26. The molecule has 0 aliphatic rings. The molecule has 1 heterocycles. The Kier molecular flexibility index (Phi) is 3.13. The number of hydrogen-bond acceptors (Lipinski definition) is 3. The number of hydrogen-bond donors (Lipinski definition) is 1. The van der Waals surface area contributed by atoms with E-state index in [-0.39, 0.29) is 5.75 Å². The van der Waals surface area contributed by atoms with Crippen molar-refractivity contribution in [3.63, 3.8) is 0 Å². The van der Waals surface area contributed by atoms with Gasteiger partial charge in [-0.25, -0.2) is 4.98 Å². The summed E-state index contributed by atoms with van der Waals surface area (Å²) in [6, 6.07) is 11.6. The molecule has 0 spiro atoms. The molecule has 0 amide bonds. The van der Waals surface area contributed by atoms with E-state index in [0.29, 0.717) is 4.47 Å². The van der Waals surface area contributed by atoms with Gasteiger partial charge in [0.2, 0.25) is 0 Å². The van der Waals surface area contributed by atoms with E-state index in [9.17, 15) is 5.11 Å². The van der Waals surface area contributed by atoms with Crippen LogP contribution in [0.15, 0.2) is 45.3 Å². The van der Waals surface area contributed by atoms with Gasteiger partial charge in [-0.2, -0.15) is 0 Å². The first kappa shape index (κ1) is 12.1. The summed E-state index contributed by atoms with van der Waals surface area (Å²) in [5, 5.41) is 10.9. The Morgan fingerprint density at radius 2 is 1.89 bits per heavy atom. The van der Waals surface area contributed by atoms with Crippen LogP contribution in [0.5, 0.6) is 5.75 Å². The Morgan fingerprint density at radius 3 is 2.67 bits per heavy atom. The second-order valence-electron chi connectivity index (χ2n) is 3.77. The third kappa shape index (κ3) is 2.06. The third-order valence-electron chi connectivity index (χ3n) is 2.55. The van der Waals surface area contributed by atoms with Crippen LogP contribution in [-0.2, 0) is 0 Å². The SMILES string of the molecule is Oc1c(Br)cc(Br)cc1-c1nc2ccccc2s1. The highest BCUT2D eigenvalue weighted by atomic mass is 79.9. The molecule has 3 aromatic rings. The molecule has 5 heteroatoms. The van der Waals surface area contributed by atoms with Gasteiger partial charge in [0, 0.05) is 4.47 Å². The average Bonchev–Trinajstić information content (AvgIpc) is 2.77. The minimum Gasteiger partial charge on any atom is -0.506 e. The first-order chi connectivity index (χ1) is 8.65. The van der Waals surface area contributed by atoms with Gasteiger partial charge in [-0.3, -0.25) is 0 Å². The molecule has 90 valence electrons. The van der Waals surface area contributed by atoms with E-state index < -0.39 is 0 Å². The topological polar surface area (TPSA) is 33.1 Å². The van der Waals surface area contributed by atoms with Gasteiger partial charge in [-0.15, -0.1) is 11.3 Å². The van der Waals surface area contributed by atoms with Crippen LogP contribution < -0.4 is 0 Å². The van der Waals surface area contributed by atoms with Gasteiger partial charge in [-0.05, 0) is 40.2 Å². The molecule has 0 radical (unpaired) electrons. The van der Waals surface area contributed by atoms with Crippen LogP contribution in [0.2, 0.25) is 0 Å². The fourth-order valence-corrected chi connectivity index (χ4v) is 3.92. The maximum absolute atomic E-state index is 10.1. The van der Waals surface area contributed by atoms with Crippen LogP contribution in [0, 0.1) is 0 Å². The van der Waals surface area contributed by atoms with Crippen molar-refractivity contribution in [3.8, 4) is 16.3 Å². The van der Waals surface area contributed by atoms with Gasteiger partial charge >= 0.3 is 0 Å². The minimum absolute atomic E-state index is 0.220. The average molecular weight is 385 g/mol. The molecule has 0 bridgehead atoms. The van der Waals surface area contributed by atoms with Gasteiger partial charge in [0.1, 0.15) is 10.8 Å². The summed E-state index contributed by atoms with van der Waals surface area (Å²) >= 11 is 8.33. The van der Waals surface area contributed by atoms with E-state index in [1.807, 2.05) is 36.4 Å². The predicted molar refractivity (Wildman–Crippen MR) is 82.1 cm³/mol. The summed E-state index contributed by atoms with van der Waals surface area (Å²) in [4.78, 5) is 4.54. The Bertz CT molecular complexity index is 706. The van der Waals surface area contributed by atoms with E-state index in [0.717, 1.165) is 25.3 Å². The molecular formula is C13H7Br2NOS. The molecule has 2 nitrogen and oxygen atoms in total. The van der Waals surface area contributed by atoms with Crippen LogP contribution in [0.1, 0.15) is 0 Å². The summed E-state index contributed by atoms with van der Waals surface area (Å²) in [7, 11) is 0. The maximum atomic E-state index is 10.1. The summed E-state index contributed by atoms with van der Waals surface area (Å²) in [6.45, 7) is 0. The zero-order valence-corrected chi connectivity index (χ0v) is 13.0. The number of thiazole rings is 1. The maximum Gasteiger partial charge on any atom is 0.140 e. The van der Waals surface area contributed by atoms with Gasteiger partial charge < -0.3 is 5.11 Å². The van der Waals surface area contributed by atoms with E-state index in [1.165, 1.54) is 0 Å². The lowest BCUT2D eigenvalue weighted by molar-refractivity contribution is 0.474. The monoisotopic (exact) mass is 383 g/mol. The molecule has 3 rings (SSSR count). The van der Waals surface area contributed by atoms with Crippen LogP contribution in [0.25, 0.3) is 20.8 Å². The number of nitrogens with zero attached hydrogens (tertiary/aromatic N) is 1. The number of fused-ring (bicyclic) bond motifs is 1. The lowest BCUT2D eigenvalue weighted by Gasteiger charge is -2.04. The number of aromatic nitrogens is 1. The predicted octanol–water partition coefficient (Wildman–Crippen LogP) is 5.19. The number of benzene rings is 2. The number of para-hydroxylation sites is 1. The van der Waals surface area contributed by atoms with Gasteiger partial charge in [0.25, 0.3) is 0 Å². The Hall–Kier alpha value is -0.910. The van der Waals surface area contributed by atoms with Crippen molar-refractivity contribution in [2.24, 2.45) is 0 Å². The first-order valence-electron chi connectivity index (χ1n) is 5.19. The zero-order valence-electron chi connectivity index (χ0n) is 9.02. The zero-order chi connectivity index (χ0) is 12.7. The summed E-state index contributed by atoms with van der Waals surface area (Å²) in [5.74, 6) is 0.220. The molecule has 0 saturated carbocycles. The Morgan fingerprint density at radius 1 is 1.11 bits per heavy atom. The number of phenols is 1. The van der Waals surface area contributed by atoms with Gasteiger partial charge in [0.15, 0.2) is 0 Å². The van der Waals surface area contributed by atoms with Crippen LogP contribution in [0.3, 0.4) is 0 Å². The standard InChI is InChI=1S/C13H7Br2NOS/c14-7-5-8(12(17)9(15)6-7)13-16-10-3-1-2-4-11(10)18-13/h1-6,17H. The lowest BCUT2D eigenvalue weighted by atomic mass is 10.2. The normalized spacial score (nSPS) is 11.0. The van der Waals surface area contributed by atoms with Crippen molar-refractivity contribution >= 4 is 53.4 Å². The van der Waals surface area contributed by atoms with E-state index >= 15 is 0 Å². The van der Waals surface area contributed by atoms with Crippen LogP contribution >= 0.6 is 43.2 Å². The van der Waals surface area contributed by atoms with Crippen molar-refractivity contribution in [2.75, 3.05) is 0 Å². The molecule has 0 unspecified atom stereocenters. The summed E-state index contributed by atoms with van der Waals surface area (Å²) < 4.78 is 2.68. The van der Waals surface area contributed by atoms with Crippen molar-refractivity contribution < 1.29 is 5.11 Å². The molecular weight excluding hydrogens is 378 g/mol. The van der Waals surface area contributed by atoms with Gasteiger partial charge in [0.05, 0.1) is 20.3 Å². The summed E-state index contributed by atoms with van der Waals surface area (Å²) in [6.07, 6.45) is 0. The Labute approximate surface area is 125 Å². The molecule has 18 heavy (non-hydrogen) atoms. The fourth-order valence-electron chi connectivity index (χ4n) is 1.72. The molecule has 0 fully saturated rings. The molecule has 0 aliphatic carbocycles. The van der Waals surface area contributed by atoms with Crippen molar-refractivity contribution in [3.05, 3.63) is 45.3 Å². The largest absolute Gasteiger partial charge is 0.506 e. The smallest absolute Gasteiger partial charge is 0.140 e. The van der Waals surface area contributed by atoms with E-state index in [1.54, 1.807) is 11.3 Å². The number of rotatable bonds is 1. The van der Waals surface area contributed by atoms with Crippen molar-refractivity contribution in [2.45, 2.75) is 0 Å². The lowest BCUT2D eigenvalue weighted by Crippen LogP contribution is -1.80. The molecule has 0 atom stereocenters. The highest BCUT2D eigenvalue weighted by Crippen LogP contribution is 2.40. The number of aromatic hydroxyl groups is 1. The van der Waals surface area contributed by atoms with Crippen LogP contribution in [-0.4, -0.2) is 10.1 Å². The third-order valence-corrected chi connectivity index (χ3v) is 4.68. The molecule has 0 saturated heterocycles. The minimum atomic E-state index is 0.220. The van der Waals surface area contributed by atoms with Gasteiger partial charge in [-0.1, -0.05) is 28.1 Å². The molecule has 0 aliphatic heterocycles. The van der Waals surface area contributed by atoms with Crippen molar-refractivity contribution in [1.82, 2.24) is 4.98 Å². The highest BCUT2D eigenvalue weighted by molar-refractivity contribution is 9.11. The first-order valence-corrected chi connectivity index (χ1v) is 7.59.